The van der Waals surface area contributed by atoms with Gasteiger partial charge in [0.15, 0.2) is 0 Å². The highest BCUT2D eigenvalue weighted by atomic mass is 19.3. The van der Waals surface area contributed by atoms with Crippen LogP contribution in [0.3, 0.4) is 0 Å². The van der Waals surface area contributed by atoms with Crippen LogP contribution in [0.1, 0.15) is 26.2 Å². The Morgan fingerprint density at radius 3 is 2.50 bits per heavy atom. The minimum Gasteiger partial charge on any atom is -0.383 e. The molecule has 1 aromatic carbocycles. The van der Waals surface area contributed by atoms with Crippen LogP contribution in [0.5, 0.6) is 0 Å². The van der Waals surface area contributed by atoms with Gasteiger partial charge < -0.3 is 15.3 Å². The normalized spacial score (nSPS) is 16.6. The van der Waals surface area contributed by atoms with E-state index in [1.165, 1.54) is 31.0 Å². The number of alkyl halides is 2. The van der Waals surface area contributed by atoms with Crippen LogP contribution in [-0.2, 0) is 9.59 Å². The van der Waals surface area contributed by atoms with Gasteiger partial charge in [0.25, 0.3) is 5.91 Å². The van der Waals surface area contributed by atoms with E-state index in [1.807, 2.05) is 0 Å². The Hall–Kier alpha value is -2.02. The molecule has 0 radical (unpaired) electrons. The molecule has 0 unspecified atom stereocenters. The van der Waals surface area contributed by atoms with Crippen LogP contribution in [0.15, 0.2) is 24.3 Å². The van der Waals surface area contributed by atoms with Crippen molar-refractivity contribution in [2.75, 3.05) is 17.3 Å². The lowest BCUT2D eigenvalue weighted by molar-refractivity contribution is -0.212. The lowest BCUT2D eigenvalue weighted by Gasteiger charge is -2.41. The number of halogens is 2. The molecule has 0 saturated heterocycles. The number of anilines is 2. The van der Waals surface area contributed by atoms with Crippen molar-refractivity contribution in [2.24, 2.45) is 0 Å². The fraction of sp³-hybridized carbons (Fsp3) is 0.467. The molecular weight excluding hydrogens is 294 g/mol. The molecule has 2 rings (SSSR count). The van der Waals surface area contributed by atoms with Gasteiger partial charge in [-0.25, -0.2) is 0 Å². The Kier molecular flexibility index (Phi) is 4.19. The number of hydrogen-bond donors (Lipinski definition) is 2. The zero-order valence-corrected chi connectivity index (χ0v) is 12.4. The summed E-state index contributed by atoms with van der Waals surface area (Å²) in [6.07, 6.45) is 0.277. The van der Waals surface area contributed by atoms with Gasteiger partial charge in [-0.15, -0.1) is 0 Å². The van der Waals surface area contributed by atoms with Crippen molar-refractivity contribution in [3.05, 3.63) is 24.3 Å². The maximum absolute atomic E-state index is 14.0. The average Bonchev–Trinajstić information content (AvgIpc) is 2.43. The molecule has 1 fully saturated rings. The topological polar surface area (TPSA) is 69.6 Å². The maximum Gasteiger partial charge on any atom is 0.352 e. The van der Waals surface area contributed by atoms with Crippen molar-refractivity contribution in [3.8, 4) is 0 Å². The van der Waals surface area contributed by atoms with E-state index in [4.69, 9.17) is 0 Å². The lowest BCUT2D eigenvalue weighted by atomic mass is 9.75. The van der Waals surface area contributed by atoms with Crippen LogP contribution in [0.4, 0.5) is 20.2 Å². The minimum absolute atomic E-state index is 0.0967. The summed E-state index contributed by atoms with van der Waals surface area (Å²) >= 11 is 0. The third kappa shape index (κ3) is 2.81. The molecule has 1 aliphatic rings. The van der Waals surface area contributed by atoms with E-state index >= 15 is 0 Å². The highest BCUT2D eigenvalue weighted by Gasteiger charge is 2.61. The number of benzene rings is 1. The zero-order chi connectivity index (χ0) is 16.5. The van der Waals surface area contributed by atoms with Gasteiger partial charge in [0.1, 0.15) is 5.60 Å². The molecule has 5 nitrogen and oxygen atoms in total. The molecule has 1 saturated carbocycles. The van der Waals surface area contributed by atoms with E-state index in [2.05, 4.69) is 5.32 Å². The third-order valence-corrected chi connectivity index (χ3v) is 4.01. The van der Waals surface area contributed by atoms with Gasteiger partial charge in [-0.3, -0.25) is 9.59 Å². The van der Waals surface area contributed by atoms with E-state index in [9.17, 15) is 23.5 Å². The molecule has 22 heavy (non-hydrogen) atoms. The highest BCUT2D eigenvalue weighted by molar-refractivity contribution is 5.98. The van der Waals surface area contributed by atoms with E-state index in [-0.39, 0.29) is 24.4 Å². The van der Waals surface area contributed by atoms with Crippen LogP contribution in [0, 0.1) is 0 Å². The quantitative estimate of drug-likeness (QED) is 0.895. The fourth-order valence-electron chi connectivity index (χ4n) is 2.22. The Bertz CT molecular complexity index is 600. The Labute approximate surface area is 126 Å². The van der Waals surface area contributed by atoms with Gasteiger partial charge in [0.2, 0.25) is 5.91 Å². The molecule has 0 aromatic heterocycles. The van der Waals surface area contributed by atoms with Crippen LogP contribution >= 0.6 is 0 Å². The summed E-state index contributed by atoms with van der Waals surface area (Å²) in [6, 6.07) is 6.02. The second-order valence-corrected chi connectivity index (χ2v) is 5.54. The molecule has 1 aromatic rings. The Morgan fingerprint density at radius 1 is 1.36 bits per heavy atom. The van der Waals surface area contributed by atoms with Crippen molar-refractivity contribution in [3.63, 3.8) is 0 Å². The predicted molar refractivity (Wildman–Crippen MR) is 77.9 cm³/mol. The SMILES string of the molecule is CC(=O)N(C)c1cccc(NC(=O)C(F)(F)C2(O)CCC2)c1. The third-order valence-electron chi connectivity index (χ3n) is 4.01. The molecule has 1 aliphatic carbocycles. The van der Waals surface area contributed by atoms with Crippen molar-refractivity contribution in [1.82, 2.24) is 0 Å². The van der Waals surface area contributed by atoms with Crippen molar-refractivity contribution < 1.29 is 23.5 Å². The fourth-order valence-corrected chi connectivity index (χ4v) is 2.22. The van der Waals surface area contributed by atoms with Crippen molar-refractivity contribution in [1.29, 1.82) is 0 Å². The standard InChI is InChI=1S/C15H18F2N2O3/c1-10(20)19(2)12-6-3-5-11(9-12)18-13(21)15(16,17)14(22)7-4-8-14/h3,5-6,9,22H,4,7-8H2,1-2H3,(H,18,21). The number of amides is 2. The van der Waals surface area contributed by atoms with E-state index in [1.54, 1.807) is 12.1 Å². The van der Waals surface area contributed by atoms with Gasteiger partial charge in [-0.05, 0) is 37.5 Å². The molecule has 2 N–H and O–H groups in total. The molecule has 120 valence electrons. The van der Waals surface area contributed by atoms with Crippen LogP contribution in [-0.4, -0.2) is 35.5 Å². The van der Waals surface area contributed by atoms with E-state index in [0.717, 1.165) is 0 Å². The second-order valence-electron chi connectivity index (χ2n) is 5.54. The van der Waals surface area contributed by atoms with E-state index in [0.29, 0.717) is 12.1 Å². The molecule has 0 spiro atoms. The van der Waals surface area contributed by atoms with Crippen molar-refractivity contribution >= 4 is 23.2 Å². The van der Waals surface area contributed by atoms with Crippen molar-refractivity contribution in [2.45, 2.75) is 37.7 Å². The monoisotopic (exact) mass is 312 g/mol. The van der Waals surface area contributed by atoms with Crippen LogP contribution in [0.2, 0.25) is 0 Å². The van der Waals surface area contributed by atoms with Crippen LogP contribution < -0.4 is 10.2 Å². The second kappa shape index (κ2) is 5.64. The lowest BCUT2D eigenvalue weighted by Crippen LogP contribution is -2.59. The molecule has 0 atom stereocenters. The molecular formula is C15H18F2N2O3. The number of carbonyl (C=O) groups is 2. The number of rotatable bonds is 4. The van der Waals surface area contributed by atoms with Gasteiger partial charge in [-0.1, -0.05) is 6.07 Å². The largest absolute Gasteiger partial charge is 0.383 e. The number of hydrogen-bond acceptors (Lipinski definition) is 3. The summed E-state index contributed by atoms with van der Waals surface area (Å²) in [5, 5.41) is 11.8. The number of nitrogens with zero attached hydrogens (tertiary/aromatic N) is 1. The first-order chi connectivity index (χ1) is 10.2. The number of aliphatic hydroxyl groups is 1. The number of nitrogens with one attached hydrogen (secondary N) is 1. The summed E-state index contributed by atoms with van der Waals surface area (Å²) in [5.41, 5.74) is -1.65. The smallest absolute Gasteiger partial charge is 0.352 e. The van der Waals surface area contributed by atoms with Gasteiger partial charge in [-0.2, -0.15) is 8.78 Å². The summed E-state index contributed by atoms with van der Waals surface area (Å²) in [5.74, 6) is -5.62. The minimum atomic E-state index is -3.85. The van der Waals surface area contributed by atoms with Gasteiger partial charge in [0, 0.05) is 25.3 Å². The predicted octanol–water partition coefficient (Wildman–Crippen LogP) is 2.16. The average molecular weight is 312 g/mol. The summed E-state index contributed by atoms with van der Waals surface area (Å²) in [6.45, 7) is 1.37. The van der Waals surface area contributed by atoms with E-state index < -0.39 is 17.4 Å². The van der Waals surface area contributed by atoms with Crippen LogP contribution in [0.25, 0.3) is 0 Å². The summed E-state index contributed by atoms with van der Waals surface area (Å²) < 4.78 is 28.0. The van der Waals surface area contributed by atoms with Gasteiger partial charge >= 0.3 is 5.92 Å². The van der Waals surface area contributed by atoms with Gasteiger partial charge in [0.05, 0.1) is 0 Å². The number of carbonyl (C=O) groups excluding carboxylic acids is 2. The Balaban J connectivity index is 2.15. The first-order valence-electron chi connectivity index (χ1n) is 6.93. The molecule has 2 amide bonds. The highest BCUT2D eigenvalue weighted by Crippen LogP contribution is 2.44. The summed E-state index contributed by atoms with van der Waals surface area (Å²) in [7, 11) is 1.54. The molecule has 0 bridgehead atoms. The maximum atomic E-state index is 14.0. The molecule has 0 aliphatic heterocycles. The Morgan fingerprint density at radius 2 is 2.00 bits per heavy atom. The first kappa shape index (κ1) is 16.4. The molecule has 7 heteroatoms. The summed E-state index contributed by atoms with van der Waals surface area (Å²) in [4.78, 5) is 24.4. The molecule has 0 heterocycles. The first-order valence-corrected chi connectivity index (χ1v) is 6.93. The zero-order valence-electron chi connectivity index (χ0n) is 12.4.